The Hall–Kier alpha value is -1.54. The molecule has 0 fully saturated rings. The maximum Gasteiger partial charge on any atom is 0.244 e. The van der Waals surface area contributed by atoms with E-state index in [1.807, 2.05) is 24.3 Å². The minimum atomic E-state index is -0.0682. The van der Waals surface area contributed by atoms with Gasteiger partial charge in [-0.1, -0.05) is 41.4 Å². The molecule has 2 nitrogen and oxygen atoms in total. The molecule has 1 aliphatic rings. The number of rotatable bonds is 5. The van der Waals surface area contributed by atoms with Crippen LogP contribution in [0, 0.1) is 0 Å². The second kappa shape index (κ2) is 7.91. The summed E-state index contributed by atoms with van der Waals surface area (Å²) >= 11 is 6.02. The number of benzene rings is 1. The molecular formula is C17H20ClNO. The lowest BCUT2D eigenvalue weighted by molar-refractivity contribution is -0.116. The van der Waals surface area contributed by atoms with E-state index in [9.17, 15) is 4.79 Å². The second-order valence-electron chi connectivity index (χ2n) is 5.00. The number of allylic oxidation sites excluding steroid dienone is 1. The third kappa shape index (κ3) is 4.86. The molecule has 0 saturated carbocycles. The summed E-state index contributed by atoms with van der Waals surface area (Å²) in [7, 11) is 0. The summed E-state index contributed by atoms with van der Waals surface area (Å²) in [6.45, 7) is 0.706. The van der Waals surface area contributed by atoms with Gasteiger partial charge in [-0.2, -0.15) is 0 Å². The van der Waals surface area contributed by atoms with Crippen LogP contribution < -0.4 is 5.32 Å². The molecule has 3 heteroatoms. The van der Waals surface area contributed by atoms with Gasteiger partial charge in [-0.3, -0.25) is 4.79 Å². The van der Waals surface area contributed by atoms with Crippen molar-refractivity contribution in [3.05, 3.63) is 52.6 Å². The second-order valence-corrected chi connectivity index (χ2v) is 5.41. The van der Waals surface area contributed by atoms with Crippen LogP contribution in [0.1, 0.15) is 37.7 Å². The zero-order chi connectivity index (χ0) is 14.2. The van der Waals surface area contributed by atoms with Crippen molar-refractivity contribution in [2.45, 2.75) is 32.1 Å². The standard InChI is InChI=1S/C17H20ClNO/c18-16-9-5-4-8-15(16)10-11-17(20)19-13-12-14-6-2-1-3-7-14/h4-6,8-11H,1-3,7,12-13H2,(H,19,20). The topological polar surface area (TPSA) is 29.1 Å². The summed E-state index contributed by atoms with van der Waals surface area (Å²) in [5, 5.41) is 3.57. The summed E-state index contributed by atoms with van der Waals surface area (Å²) in [4.78, 5) is 11.7. The highest BCUT2D eigenvalue weighted by Gasteiger charge is 2.03. The summed E-state index contributed by atoms with van der Waals surface area (Å²) in [5.41, 5.74) is 2.34. The third-order valence-electron chi connectivity index (χ3n) is 3.45. The molecule has 0 unspecified atom stereocenters. The van der Waals surface area contributed by atoms with E-state index < -0.39 is 0 Å². The van der Waals surface area contributed by atoms with Gasteiger partial charge in [0, 0.05) is 17.6 Å². The fourth-order valence-corrected chi connectivity index (χ4v) is 2.51. The first-order valence-electron chi connectivity index (χ1n) is 7.14. The Bertz CT molecular complexity index is 519. The van der Waals surface area contributed by atoms with Gasteiger partial charge in [-0.25, -0.2) is 0 Å². The van der Waals surface area contributed by atoms with Crippen molar-refractivity contribution in [1.29, 1.82) is 0 Å². The maximum absolute atomic E-state index is 11.7. The Kier molecular flexibility index (Phi) is 5.87. The zero-order valence-corrected chi connectivity index (χ0v) is 12.3. The monoisotopic (exact) mass is 289 g/mol. The average Bonchev–Trinajstić information content (AvgIpc) is 2.47. The lowest BCUT2D eigenvalue weighted by Gasteiger charge is -2.12. The first kappa shape index (κ1) is 14.9. The van der Waals surface area contributed by atoms with E-state index in [2.05, 4.69) is 11.4 Å². The highest BCUT2D eigenvalue weighted by atomic mass is 35.5. The third-order valence-corrected chi connectivity index (χ3v) is 3.79. The predicted molar refractivity (Wildman–Crippen MR) is 84.7 cm³/mol. The molecule has 1 N–H and O–H groups in total. The molecule has 1 amide bonds. The van der Waals surface area contributed by atoms with Crippen LogP contribution in [0.25, 0.3) is 6.08 Å². The summed E-state index contributed by atoms with van der Waals surface area (Å²) in [5.74, 6) is -0.0682. The van der Waals surface area contributed by atoms with Gasteiger partial charge >= 0.3 is 0 Å². The Morgan fingerprint density at radius 3 is 2.90 bits per heavy atom. The number of hydrogen-bond acceptors (Lipinski definition) is 1. The summed E-state index contributed by atoms with van der Waals surface area (Å²) in [6, 6.07) is 7.48. The van der Waals surface area contributed by atoms with Crippen LogP contribution in [0.4, 0.5) is 0 Å². The van der Waals surface area contributed by atoms with E-state index in [1.54, 1.807) is 6.08 Å². The molecule has 20 heavy (non-hydrogen) atoms. The molecule has 0 aromatic heterocycles. The van der Waals surface area contributed by atoms with Gasteiger partial charge in [0.15, 0.2) is 0 Å². The van der Waals surface area contributed by atoms with E-state index in [0.717, 1.165) is 12.0 Å². The van der Waals surface area contributed by atoms with Gasteiger partial charge < -0.3 is 5.32 Å². The van der Waals surface area contributed by atoms with Gasteiger partial charge in [-0.05, 0) is 49.8 Å². The molecule has 0 saturated heterocycles. The lowest BCUT2D eigenvalue weighted by atomic mass is 9.97. The highest BCUT2D eigenvalue weighted by molar-refractivity contribution is 6.32. The van der Waals surface area contributed by atoms with E-state index >= 15 is 0 Å². The van der Waals surface area contributed by atoms with E-state index in [4.69, 9.17) is 11.6 Å². The Labute approximate surface area is 125 Å². The Morgan fingerprint density at radius 2 is 2.15 bits per heavy atom. The first-order chi connectivity index (χ1) is 9.75. The average molecular weight is 290 g/mol. The minimum absolute atomic E-state index is 0.0682. The van der Waals surface area contributed by atoms with E-state index in [0.29, 0.717) is 11.6 Å². The first-order valence-corrected chi connectivity index (χ1v) is 7.52. The maximum atomic E-state index is 11.7. The van der Waals surface area contributed by atoms with Crippen molar-refractivity contribution in [1.82, 2.24) is 5.32 Å². The number of halogens is 1. The quantitative estimate of drug-likeness (QED) is 0.633. The van der Waals surface area contributed by atoms with Gasteiger partial charge in [0.2, 0.25) is 5.91 Å². The predicted octanol–water partition coefficient (Wildman–Crippen LogP) is 4.36. The van der Waals surface area contributed by atoms with Crippen molar-refractivity contribution >= 4 is 23.6 Å². The highest BCUT2D eigenvalue weighted by Crippen LogP contribution is 2.19. The Balaban J connectivity index is 1.75. The SMILES string of the molecule is O=C(C=Cc1ccccc1Cl)NCCC1=CCCCC1. The van der Waals surface area contributed by atoms with Crippen molar-refractivity contribution in [2.24, 2.45) is 0 Å². The van der Waals surface area contributed by atoms with Crippen LogP contribution >= 0.6 is 11.6 Å². The molecule has 1 aliphatic carbocycles. The molecule has 0 atom stereocenters. The molecule has 0 bridgehead atoms. The van der Waals surface area contributed by atoms with Crippen LogP contribution in [0.5, 0.6) is 0 Å². The number of nitrogens with one attached hydrogen (secondary N) is 1. The van der Waals surface area contributed by atoms with Crippen LogP contribution in [0.3, 0.4) is 0 Å². The van der Waals surface area contributed by atoms with Crippen LogP contribution in [-0.2, 0) is 4.79 Å². The summed E-state index contributed by atoms with van der Waals surface area (Å²) in [6.07, 6.45) is 11.5. The number of amides is 1. The molecule has 0 heterocycles. The van der Waals surface area contributed by atoms with Crippen molar-refractivity contribution in [3.63, 3.8) is 0 Å². The fraction of sp³-hybridized carbons (Fsp3) is 0.353. The molecule has 0 aliphatic heterocycles. The van der Waals surface area contributed by atoms with Crippen LogP contribution in [0.15, 0.2) is 42.0 Å². The molecular weight excluding hydrogens is 270 g/mol. The number of hydrogen-bond donors (Lipinski definition) is 1. The molecule has 0 spiro atoms. The number of carbonyl (C=O) groups excluding carboxylic acids is 1. The van der Waals surface area contributed by atoms with Crippen molar-refractivity contribution < 1.29 is 4.79 Å². The summed E-state index contributed by atoms with van der Waals surface area (Å²) < 4.78 is 0. The molecule has 1 aromatic carbocycles. The smallest absolute Gasteiger partial charge is 0.244 e. The van der Waals surface area contributed by atoms with Crippen molar-refractivity contribution in [2.75, 3.05) is 6.54 Å². The zero-order valence-electron chi connectivity index (χ0n) is 11.6. The van der Waals surface area contributed by atoms with Crippen molar-refractivity contribution in [3.8, 4) is 0 Å². The van der Waals surface area contributed by atoms with E-state index in [1.165, 1.54) is 37.3 Å². The molecule has 2 rings (SSSR count). The largest absolute Gasteiger partial charge is 0.352 e. The number of carbonyl (C=O) groups is 1. The van der Waals surface area contributed by atoms with Crippen LogP contribution in [0.2, 0.25) is 5.02 Å². The minimum Gasteiger partial charge on any atom is -0.352 e. The fourth-order valence-electron chi connectivity index (χ4n) is 2.31. The Morgan fingerprint density at radius 1 is 1.30 bits per heavy atom. The lowest BCUT2D eigenvalue weighted by Crippen LogP contribution is -2.22. The molecule has 1 aromatic rings. The van der Waals surface area contributed by atoms with E-state index in [-0.39, 0.29) is 5.91 Å². The molecule has 106 valence electrons. The normalized spacial score (nSPS) is 15.2. The van der Waals surface area contributed by atoms with Gasteiger partial charge in [0.25, 0.3) is 0 Å². The van der Waals surface area contributed by atoms with Gasteiger partial charge in [-0.15, -0.1) is 0 Å². The van der Waals surface area contributed by atoms with Crippen LogP contribution in [-0.4, -0.2) is 12.5 Å². The van der Waals surface area contributed by atoms with Gasteiger partial charge in [0.1, 0.15) is 0 Å². The molecule has 0 radical (unpaired) electrons. The van der Waals surface area contributed by atoms with Gasteiger partial charge in [0.05, 0.1) is 0 Å².